The van der Waals surface area contributed by atoms with Gasteiger partial charge >= 0.3 is 0 Å². The van der Waals surface area contributed by atoms with Crippen molar-refractivity contribution in [2.24, 2.45) is 0 Å². The Morgan fingerprint density at radius 3 is 2.59 bits per heavy atom. The van der Waals surface area contributed by atoms with E-state index in [0.29, 0.717) is 13.1 Å². The molecule has 1 aromatic rings. The third kappa shape index (κ3) is 6.02. The first-order valence-corrected chi connectivity index (χ1v) is 5.80. The zero-order valence-electron chi connectivity index (χ0n) is 11.0. The van der Waals surface area contributed by atoms with Crippen molar-refractivity contribution >= 4 is 5.91 Å². The van der Waals surface area contributed by atoms with Crippen molar-refractivity contribution in [1.29, 1.82) is 0 Å². The topological polar surface area (TPSA) is 54.0 Å². The number of nitrogens with one attached hydrogen (secondary N) is 2. The second-order valence-corrected chi connectivity index (χ2v) is 5.21. The number of hydrogen-bond acceptors (Lipinski definition) is 3. The largest absolute Gasteiger partial charge is 0.350 e. The van der Waals surface area contributed by atoms with Crippen LogP contribution in [-0.2, 0) is 11.3 Å². The highest BCUT2D eigenvalue weighted by Gasteiger charge is 2.12. The van der Waals surface area contributed by atoms with Gasteiger partial charge in [0.1, 0.15) is 0 Å². The van der Waals surface area contributed by atoms with Gasteiger partial charge in [-0.3, -0.25) is 9.78 Å². The fourth-order valence-corrected chi connectivity index (χ4v) is 1.39. The van der Waals surface area contributed by atoms with Crippen LogP contribution in [0.4, 0.5) is 0 Å². The lowest BCUT2D eigenvalue weighted by Gasteiger charge is -2.20. The molecule has 0 aliphatic rings. The number of aryl methyl sites for hydroxylation is 1. The number of amides is 1. The van der Waals surface area contributed by atoms with E-state index in [4.69, 9.17) is 0 Å². The van der Waals surface area contributed by atoms with Gasteiger partial charge in [0, 0.05) is 24.0 Å². The monoisotopic (exact) mass is 235 g/mol. The van der Waals surface area contributed by atoms with Gasteiger partial charge in [0.25, 0.3) is 0 Å². The molecule has 0 saturated heterocycles. The van der Waals surface area contributed by atoms with Crippen LogP contribution in [0, 0.1) is 6.92 Å². The Labute approximate surface area is 103 Å². The minimum atomic E-state index is -0.176. The molecule has 4 nitrogen and oxygen atoms in total. The Bertz CT molecular complexity index is 365. The van der Waals surface area contributed by atoms with Crippen LogP contribution < -0.4 is 10.6 Å². The molecule has 1 rings (SSSR count). The van der Waals surface area contributed by atoms with Crippen LogP contribution in [0.5, 0.6) is 0 Å². The zero-order chi connectivity index (χ0) is 12.9. The number of rotatable bonds is 4. The van der Waals surface area contributed by atoms with E-state index < -0.39 is 0 Å². The lowest BCUT2D eigenvalue weighted by molar-refractivity contribution is -0.121. The predicted octanol–water partition coefficient (Wildman–Crippen LogP) is 1.39. The second-order valence-electron chi connectivity index (χ2n) is 5.21. The van der Waals surface area contributed by atoms with Gasteiger partial charge in [-0.1, -0.05) is 6.07 Å². The number of hydrogen-bond donors (Lipinski definition) is 2. The number of aromatic nitrogens is 1. The zero-order valence-corrected chi connectivity index (χ0v) is 11.0. The summed E-state index contributed by atoms with van der Waals surface area (Å²) in [4.78, 5) is 15.7. The highest BCUT2D eigenvalue weighted by molar-refractivity contribution is 5.78. The third-order valence-corrected chi connectivity index (χ3v) is 2.10. The Morgan fingerprint density at radius 2 is 2.06 bits per heavy atom. The van der Waals surface area contributed by atoms with Gasteiger partial charge in [-0.05, 0) is 39.3 Å². The van der Waals surface area contributed by atoms with Crippen LogP contribution in [0.15, 0.2) is 18.3 Å². The van der Waals surface area contributed by atoms with Crippen molar-refractivity contribution in [2.45, 2.75) is 39.8 Å². The Hall–Kier alpha value is -1.42. The van der Waals surface area contributed by atoms with Crippen LogP contribution in [0.2, 0.25) is 0 Å². The van der Waals surface area contributed by atoms with E-state index in [0.717, 1.165) is 11.3 Å². The first-order chi connectivity index (χ1) is 7.87. The normalized spacial score (nSPS) is 11.3. The minimum Gasteiger partial charge on any atom is -0.350 e. The number of carbonyl (C=O) groups is 1. The first-order valence-electron chi connectivity index (χ1n) is 5.80. The molecule has 0 bridgehead atoms. The van der Waals surface area contributed by atoms with E-state index in [1.807, 2.05) is 46.0 Å². The molecule has 0 saturated carbocycles. The van der Waals surface area contributed by atoms with Crippen molar-refractivity contribution in [3.8, 4) is 0 Å². The molecule has 1 amide bonds. The summed E-state index contributed by atoms with van der Waals surface area (Å²) in [6.07, 6.45) is 1.82. The maximum Gasteiger partial charge on any atom is 0.234 e. The standard InChI is InChI=1S/C13H21N3O/c1-10-5-6-11(8-15-10)7-14-9-12(17)16-13(2,3)4/h5-6,8,14H,7,9H2,1-4H3,(H,16,17). The van der Waals surface area contributed by atoms with Gasteiger partial charge in [0.15, 0.2) is 0 Å². The molecule has 0 spiro atoms. The van der Waals surface area contributed by atoms with Gasteiger partial charge in [-0.15, -0.1) is 0 Å². The first kappa shape index (κ1) is 13.6. The Morgan fingerprint density at radius 1 is 1.35 bits per heavy atom. The molecule has 94 valence electrons. The van der Waals surface area contributed by atoms with Gasteiger partial charge in [0.05, 0.1) is 6.54 Å². The van der Waals surface area contributed by atoms with E-state index in [1.165, 1.54) is 0 Å². The van der Waals surface area contributed by atoms with Crippen LogP contribution in [0.3, 0.4) is 0 Å². The van der Waals surface area contributed by atoms with Crippen LogP contribution in [0.25, 0.3) is 0 Å². The molecule has 4 heteroatoms. The molecular weight excluding hydrogens is 214 g/mol. The van der Waals surface area contributed by atoms with Crippen LogP contribution in [0.1, 0.15) is 32.0 Å². The highest BCUT2D eigenvalue weighted by atomic mass is 16.2. The fraction of sp³-hybridized carbons (Fsp3) is 0.538. The van der Waals surface area contributed by atoms with E-state index in [2.05, 4.69) is 15.6 Å². The van der Waals surface area contributed by atoms with Crippen molar-refractivity contribution in [2.75, 3.05) is 6.54 Å². The van der Waals surface area contributed by atoms with E-state index in [9.17, 15) is 4.79 Å². The molecule has 0 aliphatic heterocycles. The van der Waals surface area contributed by atoms with Crippen LogP contribution in [-0.4, -0.2) is 23.0 Å². The molecule has 1 heterocycles. The minimum absolute atomic E-state index is 0.0116. The summed E-state index contributed by atoms with van der Waals surface area (Å²) in [5, 5.41) is 5.99. The average Bonchev–Trinajstić information content (AvgIpc) is 2.18. The summed E-state index contributed by atoms with van der Waals surface area (Å²) in [7, 11) is 0. The van der Waals surface area contributed by atoms with Crippen molar-refractivity contribution < 1.29 is 4.79 Å². The SMILES string of the molecule is Cc1ccc(CNCC(=O)NC(C)(C)C)cn1. The molecule has 0 aromatic carbocycles. The van der Waals surface area contributed by atoms with Crippen molar-refractivity contribution in [1.82, 2.24) is 15.6 Å². The average molecular weight is 235 g/mol. The number of pyridine rings is 1. The molecule has 2 N–H and O–H groups in total. The molecule has 0 radical (unpaired) electrons. The molecular formula is C13H21N3O. The Balaban J connectivity index is 2.28. The fourth-order valence-electron chi connectivity index (χ4n) is 1.39. The lowest BCUT2D eigenvalue weighted by Crippen LogP contribution is -2.44. The van der Waals surface area contributed by atoms with E-state index in [1.54, 1.807) is 0 Å². The molecule has 0 atom stereocenters. The summed E-state index contributed by atoms with van der Waals surface area (Å²) in [5.41, 5.74) is 1.91. The third-order valence-electron chi connectivity index (χ3n) is 2.10. The van der Waals surface area contributed by atoms with Crippen molar-refractivity contribution in [3.63, 3.8) is 0 Å². The van der Waals surface area contributed by atoms with Crippen LogP contribution >= 0.6 is 0 Å². The molecule has 1 aromatic heterocycles. The summed E-state index contributed by atoms with van der Waals surface area (Å²) >= 11 is 0. The second kappa shape index (κ2) is 5.77. The maximum absolute atomic E-state index is 11.5. The molecule has 0 fully saturated rings. The summed E-state index contributed by atoms with van der Waals surface area (Å²) in [6, 6.07) is 3.98. The van der Waals surface area contributed by atoms with E-state index in [-0.39, 0.29) is 11.4 Å². The van der Waals surface area contributed by atoms with Crippen molar-refractivity contribution in [3.05, 3.63) is 29.6 Å². The summed E-state index contributed by atoms with van der Waals surface area (Å²) < 4.78 is 0. The predicted molar refractivity (Wildman–Crippen MR) is 68.6 cm³/mol. The lowest BCUT2D eigenvalue weighted by atomic mass is 10.1. The van der Waals surface area contributed by atoms with Gasteiger partial charge in [-0.25, -0.2) is 0 Å². The highest BCUT2D eigenvalue weighted by Crippen LogP contribution is 1.99. The number of carbonyl (C=O) groups excluding carboxylic acids is 1. The maximum atomic E-state index is 11.5. The van der Waals surface area contributed by atoms with Gasteiger partial charge in [-0.2, -0.15) is 0 Å². The van der Waals surface area contributed by atoms with Gasteiger partial charge in [0.2, 0.25) is 5.91 Å². The molecule has 17 heavy (non-hydrogen) atoms. The number of nitrogens with zero attached hydrogens (tertiary/aromatic N) is 1. The smallest absolute Gasteiger partial charge is 0.234 e. The molecule has 0 unspecified atom stereocenters. The summed E-state index contributed by atoms with van der Waals surface area (Å²) in [5.74, 6) is 0.0116. The van der Waals surface area contributed by atoms with Gasteiger partial charge < -0.3 is 10.6 Å². The summed E-state index contributed by atoms with van der Waals surface area (Å²) in [6.45, 7) is 8.84. The Kier molecular flexibility index (Phi) is 4.63. The van der Waals surface area contributed by atoms with E-state index >= 15 is 0 Å². The quantitative estimate of drug-likeness (QED) is 0.829. The molecule has 0 aliphatic carbocycles.